The minimum Gasteiger partial charge on any atom is -0.370 e. The first-order chi connectivity index (χ1) is 6.99. The molecule has 1 heterocycles. The van der Waals surface area contributed by atoms with Crippen LogP contribution in [0.1, 0.15) is 0 Å². The third-order valence-electron chi connectivity index (χ3n) is 1.98. The van der Waals surface area contributed by atoms with Crippen molar-refractivity contribution in [3.05, 3.63) is 0 Å². The standard InChI is InChI=1S/C7H16N4O2S2/c8-7(10-1-6-15(9,12)13)11-2-4-14-5-3-11/h1-6H2,(H2,8,10)(H2,9,12,13). The molecule has 1 saturated heterocycles. The van der Waals surface area contributed by atoms with Crippen LogP contribution in [0.4, 0.5) is 0 Å². The Morgan fingerprint density at radius 3 is 2.53 bits per heavy atom. The van der Waals surface area contributed by atoms with E-state index < -0.39 is 10.0 Å². The van der Waals surface area contributed by atoms with Gasteiger partial charge in [-0.3, -0.25) is 4.99 Å². The van der Waals surface area contributed by atoms with Crippen LogP contribution >= 0.6 is 11.8 Å². The van der Waals surface area contributed by atoms with Crippen molar-refractivity contribution < 1.29 is 8.42 Å². The first kappa shape index (κ1) is 12.6. The van der Waals surface area contributed by atoms with Gasteiger partial charge < -0.3 is 10.6 Å². The lowest BCUT2D eigenvalue weighted by Gasteiger charge is -2.27. The molecule has 6 nitrogen and oxygen atoms in total. The summed E-state index contributed by atoms with van der Waals surface area (Å²) in [5.41, 5.74) is 5.71. The topological polar surface area (TPSA) is 102 Å². The highest BCUT2D eigenvalue weighted by atomic mass is 32.2. The minimum atomic E-state index is -3.44. The van der Waals surface area contributed by atoms with Gasteiger partial charge in [-0.2, -0.15) is 11.8 Å². The predicted octanol–water partition coefficient (Wildman–Crippen LogP) is -1.36. The monoisotopic (exact) mass is 252 g/mol. The van der Waals surface area contributed by atoms with Gasteiger partial charge in [0.15, 0.2) is 5.96 Å². The summed E-state index contributed by atoms with van der Waals surface area (Å²) < 4.78 is 21.3. The van der Waals surface area contributed by atoms with E-state index in [1.165, 1.54) is 0 Å². The van der Waals surface area contributed by atoms with E-state index in [2.05, 4.69) is 4.99 Å². The van der Waals surface area contributed by atoms with Gasteiger partial charge >= 0.3 is 0 Å². The number of primary sulfonamides is 1. The van der Waals surface area contributed by atoms with E-state index in [1.807, 2.05) is 16.7 Å². The summed E-state index contributed by atoms with van der Waals surface area (Å²) in [4.78, 5) is 5.94. The Hall–Kier alpha value is -0.470. The number of nitrogens with two attached hydrogens (primary N) is 2. The Balaban J connectivity index is 2.38. The maximum Gasteiger partial charge on any atom is 0.210 e. The highest BCUT2D eigenvalue weighted by molar-refractivity contribution is 7.99. The number of nitrogens with zero attached hydrogens (tertiary/aromatic N) is 2. The van der Waals surface area contributed by atoms with Crippen molar-refractivity contribution in [1.82, 2.24) is 4.90 Å². The molecule has 0 aliphatic carbocycles. The zero-order valence-corrected chi connectivity index (χ0v) is 10.1. The van der Waals surface area contributed by atoms with Gasteiger partial charge in [0, 0.05) is 24.6 Å². The first-order valence-corrected chi connectivity index (χ1v) is 7.49. The van der Waals surface area contributed by atoms with Crippen molar-refractivity contribution in [3.8, 4) is 0 Å². The molecular formula is C7H16N4O2S2. The average Bonchev–Trinajstić information content (AvgIpc) is 2.17. The average molecular weight is 252 g/mol. The molecule has 1 fully saturated rings. The minimum absolute atomic E-state index is 0.133. The Bertz CT molecular complexity index is 322. The lowest BCUT2D eigenvalue weighted by atomic mass is 10.5. The highest BCUT2D eigenvalue weighted by Gasteiger charge is 2.12. The van der Waals surface area contributed by atoms with Gasteiger partial charge in [-0.05, 0) is 0 Å². The Kier molecular flexibility index (Phi) is 4.68. The summed E-state index contributed by atoms with van der Waals surface area (Å²) in [7, 11) is -3.44. The van der Waals surface area contributed by atoms with Crippen molar-refractivity contribution in [1.29, 1.82) is 0 Å². The second kappa shape index (κ2) is 5.57. The molecule has 0 bridgehead atoms. The van der Waals surface area contributed by atoms with E-state index in [0.717, 1.165) is 24.6 Å². The van der Waals surface area contributed by atoms with Gasteiger partial charge in [0.05, 0.1) is 12.3 Å². The van der Waals surface area contributed by atoms with Crippen LogP contribution in [0.5, 0.6) is 0 Å². The molecule has 0 aromatic carbocycles. The van der Waals surface area contributed by atoms with Crippen molar-refractivity contribution >= 4 is 27.7 Å². The molecule has 8 heteroatoms. The Morgan fingerprint density at radius 1 is 1.40 bits per heavy atom. The normalized spacial score (nSPS) is 19.3. The summed E-state index contributed by atoms with van der Waals surface area (Å²) in [5, 5.41) is 4.85. The smallest absolute Gasteiger partial charge is 0.210 e. The molecular weight excluding hydrogens is 236 g/mol. The zero-order valence-electron chi connectivity index (χ0n) is 8.42. The van der Waals surface area contributed by atoms with Crippen LogP contribution in [0.25, 0.3) is 0 Å². The van der Waals surface area contributed by atoms with Crippen LogP contribution in [0.15, 0.2) is 4.99 Å². The van der Waals surface area contributed by atoms with Gasteiger partial charge in [-0.1, -0.05) is 0 Å². The molecule has 0 radical (unpaired) electrons. The van der Waals surface area contributed by atoms with Crippen LogP contribution < -0.4 is 10.9 Å². The van der Waals surface area contributed by atoms with E-state index in [4.69, 9.17) is 10.9 Å². The Morgan fingerprint density at radius 2 is 2.00 bits per heavy atom. The fraction of sp³-hybridized carbons (Fsp3) is 0.857. The Labute approximate surface area is 94.1 Å². The number of guanidine groups is 1. The van der Waals surface area contributed by atoms with E-state index in [1.54, 1.807) is 0 Å². The fourth-order valence-electron chi connectivity index (χ4n) is 1.18. The molecule has 4 N–H and O–H groups in total. The maximum absolute atomic E-state index is 10.6. The molecule has 0 spiro atoms. The molecule has 1 aliphatic heterocycles. The second-order valence-corrected chi connectivity index (χ2v) is 6.17. The molecule has 88 valence electrons. The van der Waals surface area contributed by atoms with Gasteiger partial charge in [0.25, 0.3) is 0 Å². The van der Waals surface area contributed by atoms with Crippen LogP contribution in [0, 0.1) is 0 Å². The molecule has 15 heavy (non-hydrogen) atoms. The summed E-state index contributed by atoms with van der Waals surface area (Å²) in [6.07, 6.45) is 0. The zero-order chi connectivity index (χ0) is 11.3. The van der Waals surface area contributed by atoms with Crippen molar-refractivity contribution in [3.63, 3.8) is 0 Å². The number of thioether (sulfide) groups is 1. The molecule has 0 aromatic heterocycles. The second-order valence-electron chi connectivity index (χ2n) is 3.21. The summed E-state index contributed by atoms with van der Waals surface area (Å²) >= 11 is 1.88. The molecule has 0 atom stereocenters. The van der Waals surface area contributed by atoms with Crippen molar-refractivity contribution in [2.24, 2.45) is 15.9 Å². The van der Waals surface area contributed by atoms with Gasteiger partial charge in [-0.25, -0.2) is 13.6 Å². The number of sulfonamides is 1. The largest absolute Gasteiger partial charge is 0.370 e. The number of hydrogen-bond acceptors (Lipinski definition) is 4. The molecule has 0 saturated carbocycles. The van der Waals surface area contributed by atoms with E-state index >= 15 is 0 Å². The van der Waals surface area contributed by atoms with Crippen LogP contribution in [-0.4, -0.2) is 56.2 Å². The molecule has 0 unspecified atom stereocenters. The third kappa shape index (κ3) is 5.24. The van der Waals surface area contributed by atoms with E-state index in [-0.39, 0.29) is 12.3 Å². The summed E-state index contributed by atoms with van der Waals surface area (Å²) in [5.74, 6) is 2.33. The van der Waals surface area contributed by atoms with Gasteiger partial charge in [-0.15, -0.1) is 0 Å². The summed E-state index contributed by atoms with van der Waals surface area (Å²) in [6.45, 7) is 1.87. The molecule has 1 rings (SSSR count). The lowest BCUT2D eigenvalue weighted by Crippen LogP contribution is -2.42. The van der Waals surface area contributed by atoms with E-state index in [0.29, 0.717) is 5.96 Å². The van der Waals surface area contributed by atoms with Crippen LogP contribution in [0.2, 0.25) is 0 Å². The van der Waals surface area contributed by atoms with Crippen LogP contribution in [-0.2, 0) is 10.0 Å². The molecule has 1 aliphatic rings. The fourth-order valence-corrected chi connectivity index (χ4v) is 2.43. The first-order valence-electron chi connectivity index (χ1n) is 4.62. The lowest BCUT2D eigenvalue weighted by molar-refractivity contribution is 0.456. The summed E-state index contributed by atoms with van der Waals surface area (Å²) in [6, 6.07) is 0. The number of rotatable bonds is 3. The molecule has 0 amide bonds. The SMILES string of the molecule is NC(=NCCS(N)(=O)=O)N1CCSCC1. The van der Waals surface area contributed by atoms with Crippen LogP contribution in [0.3, 0.4) is 0 Å². The van der Waals surface area contributed by atoms with Gasteiger partial charge in [0.1, 0.15) is 0 Å². The van der Waals surface area contributed by atoms with Gasteiger partial charge in [0.2, 0.25) is 10.0 Å². The molecule has 0 aromatic rings. The van der Waals surface area contributed by atoms with Crippen molar-refractivity contribution in [2.45, 2.75) is 0 Å². The third-order valence-corrected chi connectivity index (χ3v) is 3.68. The highest BCUT2D eigenvalue weighted by Crippen LogP contribution is 2.08. The predicted molar refractivity (Wildman–Crippen MR) is 63.4 cm³/mol. The van der Waals surface area contributed by atoms with E-state index in [9.17, 15) is 8.42 Å². The van der Waals surface area contributed by atoms with Crippen molar-refractivity contribution in [2.75, 3.05) is 36.9 Å². The maximum atomic E-state index is 10.6. The number of aliphatic imine (C=N–C) groups is 1. The number of hydrogen-bond donors (Lipinski definition) is 2. The quantitative estimate of drug-likeness (QED) is 0.477.